The molecule has 0 saturated heterocycles. The van der Waals surface area contributed by atoms with Crippen LogP contribution in [-0.4, -0.2) is 32.1 Å². The van der Waals surface area contributed by atoms with Gasteiger partial charge in [0.15, 0.2) is 0 Å². The van der Waals surface area contributed by atoms with Crippen molar-refractivity contribution in [3.05, 3.63) is 101 Å². The summed E-state index contributed by atoms with van der Waals surface area (Å²) in [6.07, 6.45) is 14.6. The summed E-state index contributed by atoms with van der Waals surface area (Å²) in [4.78, 5) is 28.9. The largest absolute Gasteiger partial charge is 0.478 e. The van der Waals surface area contributed by atoms with Gasteiger partial charge in [0, 0.05) is 35.8 Å². The number of carboxylic acids is 1. The summed E-state index contributed by atoms with van der Waals surface area (Å²) in [5, 5.41) is 13.2. The zero-order valence-electron chi connectivity index (χ0n) is 23.9. The number of nitrogens with zero attached hydrogens (tertiary/aromatic N) is 2. The van der Waals surface area contributed by atoms with Gasteiger partial charge in [-0.25, -0.2) is 4.79 Å². The molecule has 1 saturated carbocycles. The number of nitrogens with one attached hydrogen (secondary N) is 1. The van der Waals surface area contributed by atoms with E-state index < -0.39 is 11.5 Å². The van der Waals surface area contributed by atoms with Crippen LogP contribution in [0.25, 0.3) is 34.4 Å². The van der Waals surface area contributed by atoms with Gasteiger partial charge in [0.1, 0.15) is 0 Å². The molecular formula is C35H37N3O3. The van der Waals surface area contributed by atoms with Crippen molar-refractivity contribution in [2.24, 2.45) is 7.05 Å². The number of benzene rings is 2. The number of fused-ring (bicyclic) bond motifs is 1. The third kappa shape index (κ3) is 6.49. The summed E-state index contributed by atoms with van der Waals surface area (Å²) in [6, 6.07) is 19.7. The lowest BCUT2D eigenvalue weighted by atomic mass is 9.82. The van der Waals surface area contributed by atoms with E-state index in [0.29, 0.717) is 11.5 Å². The molecule has 2 aromatic carbocycles. The maximum Gasteiger partial charge on any atom is 0.328 e. The topological polar surface area (TPSA) is 84.2 Å². The average Bonchev–Trinajstić information content (AvgIpc) is 3.27. The van der Waals surface area contributed by atoms with Gasteiger partial charge < -0.3 is 15.0 Å². The molecule has 2 aromatic heterocycles. The minimum atomic E-state index is -0.976. The lowest BCUT2D eigenvalue weighted by Gasteiger charge is -2.23. The molecule has 1 aliphatic rings. The van der Waals surface area contributed by atoms with E-state index in [4.69, 9.17) is 10.1 Å². The molecule has 0 unspecified atom stereocenters. The van der Waals surface area contributed by atoms with E-state index in [2.05, 4.69) is 29.1 Å². The van der Waals surface area contributed by atoms with Crippen molar-refractivity contribution in [2.75, 3.05) is 0 Å². The first-order valence-corrected chi connectivity index (χ1v) is 14.3. The molecule has 2 heterocycles. The van der Waals surface area contributed by atoms with Gasteiger partial charge in [0.25, 0.3) is 5.91 Å². The normalized spacial score (nSPS) is 14.7. The third-order valence-electron chi connectivity index (χ3n) is 7.91. The van der Waals surface area contributed by atoms with Gasteiger partial charge in [-0.1, -0.05) is 67.8 Å². The van der Waals surface area contributed by atoms with E-state index in [0.717, 1.165) is 34.1 Å². The highest BCUT2D eigenvalue weighted by Crippen LogP contribution is 2.43. The Labute approximate surface area is 241 Å². The fourth-order valence-corrected chi connectivity index (χ4v) is 5.82. The first-order valence-electron chi connectivity index (χ1n) is 14.3. The lowest BCUT2D eigenvalue weighted by Crippen LogP contribution is -2.41. The van der Waals surface area contributed by atoms with Crippen LogP contribution in [0, 0.1) is 0 Å². The van der Waals surface area contributed by atoms with Crippen LogP contribution in [0.3, 0.4) is 0 Å². The number of carbonyl (C=O) groups excluding carboxylic acids is 1. The van der Waals surface area contributed by atoms with Crippen molar-refractivity contribution in [1.29, 1.82) is 0 Å². The smallest absolute Gasteiger partial charge is 0.328 e. The summed E-state index contributed by atoms with van der Waals surface area (Å²) in [5.41, 5.74) is 6.33. The second-order valence-electron chi connectivity index (χ2n) is 11.5. The summed E-state index contributed by atoms with van der Waals surface area (Å²) < 4.78 is 2.21. The molecule has 210 valence electrons. The van der Waals surface area contributed by atoms with Crippen LogP contribution < -0.4 is 5.32 Å². The van der Waals surface area contributed by atoms with Gasteiger partial charge in [0.2, 0.25) is 0 Å². The van der Waals surface area contributed by atoms with Crippen LogP contribution in [0.1, 0.15) is 78.9 Å². The molecule has 1 aliphatic carbocycles. The molecule has 0 bridgehead atoms. The zero-order valence-corrected chi connectivity index (χ0v) is 23.9. The predicted molar refractivity (Wildman–Crippen MR) is 166 cm³/mol. The number of aromatic nitrogens is 2. The first-order chi connectivity index (χ1) is 19.7. The van der Waals surface area contributed by atoms with Crippen LogP contribution >= 0.6 is 0 Å². The van der Waals surface area contributed by atoms with Crippen molar-refractivity contribution in [3.63, 3.8) is 0 Å². The fourth-order valence-electron chi connectivity index (χ4n) is 5.82. The second kappa shape index (κ2) is 12.0. The van der Waals surface area contributed by atoms with Gasteiger partial charge in [0.05, 0.1) is 16.9 Å². The monoisotopic (exact) mass is 547 g/mol. The number of amides is 1. The summed E-state index contributed by atoms with van der Waals surface area (Å²) in [6.45, 7) is 3.93. The standard InChI is InChI=1S/C35H37N3O3/c1-35(2,21-20-25-14-12-24(13-15-25)16-19-31(39)40)37-34(41)27-17-18-28-30(23-27)38(3)33(29-11-7-8-22-36-29)32(28)26-9-5-4-6-10-26/h7-8,11-23,26H,4-6,9-10H2,1-3H3,(H,37,41)(H,39,40)/b19-16+,21-20+. The first kappa shape index (κ1) is 28.1. The van der Waals surface area contributed by atoms with Crippen molar-refractivity contribution in [1.82, 2.24) is 14.9 Å². The highest BCUT2D eigenvalue weighted by Gasteiger charge is 2.27. The van der Waals surface area contributed by atoms with Gasteiger partial charge in [-0.3, -0.25) is 9.78 Å². The Bertz CT molecular complexity index is 1610. The Kier molecular flexibility index (Phi) is 8.20. The maximum atomic E-state index is 13.4. The SMILES string of the molecule is Cn1c(-c2ccccn2)c(C2CCCCC2)c2ccc(C(=O)NC(C)(C)/C=C/c3ccc(/C=C/C(=O)O)cc3)cc21. The molecule has 1 fully saturated rings. The number of aryl methyl sites for hydroxylation is 1. The number of pyridine rings is 1. The molecule has 0 radical (unpaired) electrons. The third-order valence-corrected chi connectivity index (χ3v) is 7.91. The Morgan fingerprint density at radius 3 is 2.34 bits per heavy atom. The Morgan fingerprint density at radius 1 is 0.976 bits per heavy atom. The molecule has 2 N–H and O–H groups in total. The number of carbonyl (C=O) groups is 2. The minimum Gasteiger partial charge on any atom is -0.478 e. The number of rotatable bonds is 8. The van der Waals surface area contributed by atoms with E-state index in [-0.39, 0.29) is 5.91 Å². The molecule has 5 rings (SSSR count). The molecule has 0 spiro atoms. The van der Waals surface area contributed by atoms with Gasteiger partial charge >= 0.3 is 5.97 Å². The van der Waals surface area contributed by atoms with Crippen molar-refractivity contribution in [3.8, 4) is 11.4 Å². The van der Waals surface area contributed by atoms with E-state index in [1.165, 1.54) is 43.1 Å². The van der Waals surface area contributed by atoms with Crippen molar-refractivity contribution < 1.29 is 14.7 Å². The van der Waals surface area contributed by atoms with E-state index in [1.54, 1.807) is 6.08 Å². The van der Waals surface area contributed by atoms with Crippen LogP contribution in [0.5, 0.6) is 0 Å². The maximum absolute atomic E-state index is 13.4. The fraction of sp³-hybridized carbons (Fsp3) is 0.286. The molecule has 0 aliphatic heterocycles. The van der Waals surface area contributed by atoms with E-state index in [1.807, 2.05) is 80.7 Å². The summed E-state index contributed by atoms with van der Waals surface area (Å²) >= 11 is 0. The summed E-state index contributed by atoms with van der Waals surface area (Å²) in [5.74, 6) is -0.609. The predicted octanol–water partition coefficient (Wildman–Crippen LogP) is 7.61. The summed E-state index contributed by atoms with van der Waals surface area (Å²) in [7, 11) is 2.08. The Balaban J connectivity index is 1.39. The number of hydrogen-bond donors (Lipinski definition) is 2. The van der Waals surface area contributed by atoms with Crippen LogP contribution in [0.2, 0.25) is 0 Å². The van der Waals surface area contributed by atoms with Crippen molar-refractivity contribution in [2.45, 2.75) is 57.4 Å². The molecule has 0 atom stereocenters. The van der Waals surface area contributed by atoms with Crippen molar-refractivity contribution >= 4 is 34.9 Å². The van der Waals surface area contributed by atoms with E-state index >= 15 is 0 Å². The molecule has 4 aromatic rings. The Morgan fingerprint density at radius 2 is 1.68 bits per heavy atom. The average molecular weight is 548 g/mol. The lowest BCUT2D eigenvalue weighted by molar-refractivity contribution is -0.131. The zero-order chi connectivity index (χ0) is 29.0. The highest BCUT2D eigenvalue weighted by molar-refractivity contribution is 6.01. The molecule has 6 heteroatoms. The number of hydrogen-bond acceptors (Lipinski definition) is 3. The molecular weight excluding hydrogens is 510 g/mol. The quantitative estimate of drug-likeness (QED) is 0.222. The van der Waals surface area contributed by atoms with Gasteiger partial charge in [-0.05, 0) is 79.6 Å². The van der Waals surface area contributed by atoms with Crippen LogP contribution in [0.15, 0.2) is 79.0 Å². The highest BCUT2D eigenvalue weighted by atomic mass is 16.4. The van der Waals surface area contributed by atoms with Crippen LogP contribution in [-0.2, 0) is 11.8 Å². The second-order valence-corrected chi connectivity index (χ2v) is 11.5. The van der Waals surface area contributed by atoms with Crippen LogP contribution in [0.4, 0.5) is 0 Å². The minimum absolute atomic E-state index is 0.129. The molecule has 1 amide bonds. The van der Waals surface area contributed by atoms with Gasteiger partial charge in [-0.2, -0.15) is 0 Å². The molecule has 6 nitrogen and oxygen atoms in total. The van der Waals surface area contributed by atoms with E-state index in [9.17, 15) is 9.59 Å². The molecule has 41 heavy (non-hydrogen) atoms. The number of carboxylic acid groups (broad SMARTS) is 1. The number of aliphatic carboxylic acids is 1. The van der Waals surface area contributed by atoms with Gasteiger partial charge in [-0.15, -0.1) is 0 Å². The Hall–Kier alpha value is -4.45.